The van der Waals surface area contributed by atoms with Crippen LogP contribution >= 0.6 is 0 Å². The molecule has 2 unspecified atom stereocenters. The van der Waals surface area contributed by atoms with Crippen molar-refractivity contribution in [1.82, 2.24) is 0 Å². The number of rotatable bonds is 1. The van der Waals surface area contributed by atoms with Gasteiger partial charge in [0.1, 0.15) is 0 Å². The summed E-state index contributed by atoms with van der Waals surface area (Å²) in [5.74, 6) is 0.670. The zero-order valence-electron chi connectivity index (χ0n) is 8.26. The third-order valence-corrected chi connectivity index (χ3v) is 3.41. The number of ether oxygens (including phenoxy) is 1. The standard InChI is InChI=1S/C10H17O.Sc/c1-8(2)10-6-4-9(3,11-10)5-7-10;/h4,8H,5-7H2,1-3H3;/q-1;. The van der Waals surface area contributed by atoms with Crippen molar-refractivity contribution < 1.29 is 30.6 Å². The van der Waals surface area contributed by atoms with Crippen molar-refractivity contribution in [2.45, 2.75) is 51.2 Å². The van der Waals surface area contributed by atoms with Crippen LogP contribution in [0.15, 0.2) is 0 Å². The Morgan fingerprint density at radius 2 is 2.00 bits per heavy atom. The molecule has 0 amide bonds. The van der Waals surface area contributed by atoms with Crippen LogP contribution in [0.4, 0.5) is 0 Å². The second-order valence-corrected chi connectivity index (χ2v) is 4.54. The van der Waals surface area contributed by atoms with Crippen LogP contribution in [0.5, 0.6) is 0 Å². The molecule has 2 atom stereocenters. The van der Waals surface area contributed by atoms with E-state index in [0.29, 0.717) is 5.92 Å². The Labute approximate surface area is 94.0 Å². The van der Waals surface area contributed by atoms with Gasteiger partial charge in [-0.3, -0.25) is 6.42 Å². The molecular formula is C10H17OSc-. The average molecular weight is 198 g/mol. The fourth-order valence-electron chi connectivity index (χ4n) is 2.34. The first-order valence-electron chi connectivity index (χ1n) is 4.61. The molecule has 2 saturated heterocycles. The summed E-state index contributed by atoms with van der Waals surface area (Å²) in [4.78, 5) is 0. The second kappa shape index (κ2) is 3.20. The fraction of sp³-hybridized carbons (Fsp3) is 0.900. The minimum Gasteiger partial charge on any atom is -0.403 e. The maximum atomic E-state index is 6.05. The van der Waals surface area contributed by atoms with Crippen LogP contribution in [0.25, 0.3) is 0 Å². The largest absolute Gasteiger partial charge is 0.403 e. The Balaban J connectivity index is 0.000000720. The maximum Gasteiger partial charge on any atom is 0.0410 e. The van der Waals surface area contributed by atoms with E-state index in [1.54, 1.807) is 0 Å². The predicted octanol–water partition coefficient (Wildman–Crippen LogP) is 2.56. The molecule has 12 heavy (non-hydrogen) atoms. The summed E-state index contributed by atoms with van der Waals surface area (Å²) in [7, 11) is 0. The Morgan fingerprint density at radius 3 is 2.17 bits per heavy atom. The SMILES string of the molecule is CC(C)C12C[CH-]C(C)(CC1)O2.[Sc]. The molecule has 0 saturated carbocycles. The Hall–Kier alpha value is 0.830. The van der Waals surface area contributed by atoms with Gasteiger partial charge >= 0.3 is 0 Å². The van der Waals surface area contributed by atoms with Gasteiger partial charge in [0.25, 0.3) is 0 Å². The normalized spacial score (nSPS) is 45.0. The minimum atomic E-state index is 0. The molecule has 2 heteroatoms. The van der Waals surface area contributed by atoms with Gasteiger partial charge in [-0.05, 0) is 18.8 Å². The smallest absolute Gasteiger partial charge is 0.0410 e. The Morgan fingerprint density at radius 1 is 1.33 bits per heavy atom. The second-order valence-electron chi connectivity index (χ2n) is 4.54. The van der Waals surface area contributed by atoms with Crippen molar-refractivity contribution in [1.29, 1.82) is 0 Å². The third kappa shape index (κ3) is 1.45. The predicted molar refractivity (Wildman–Crippen MR) is 45.2 cm³/mol. The van der Waals surface area contributed by atoms with Gasteiger partial charge < -0.3 is 4.74 Å². The molecular weight excluding hydrogens is 181 g/mol. The van der Waals surface area contributed by atoms with Crippen molar-refractivity contribution >= 4 is 0 Å². The first-order chi connectivity index (χ1) is 5.06. The maximum absolute atomic E-state index is 6.05. The van der Waals surface area contributed by atoms with Crippen LogP contribution in [0.2, 0.25) is 0 Å². The summed E-state index contributed by atoms with van der Waals surface area (Å²) >= 11 is 0. The van der Waals surface area contributed by atoms with Gasteiger partial charge in [0.2, 0.25) is 0 Å². The molecule has 2 fully saturated rings. The van der Waals surface area contributed by atoms with Crippen LogP contribution in [-0.4, -0.2) is 11.2 Å². The van der Waals surface area contributed by atoms with Crippen molar-refractivity contribution in [2.24, 2.45) is 5.92 Å². The molecule has 0 aromatic carbocycles. The molecule has 2 bridgehead atoms. The van der Waals surface area contributed by atoms with Crippen LogP contribution in [-0.2, 0) is 30.6 Å². The molecule has 0 aliphatic carbocycles. The molecule has 0 N–H and O–H groups in total. The van der Waals surface area contributed by atoms with Crippen molar-refractivity contribution in [3.8, 4) is 0 Å². The van der Waals surface area contributed by atoms with Gasteiger partial charge in [0.15, 0.2) is 0 Å². The number of hydrogen-bond acceptors (Lipinski definition) is 1. The van der Waals surface area contributed by atoms with E-state index in [4.69, 9.17) is 4.74 Å². The summed E-state index contributed by atoms with van der Waals surface area (Å²) in [5.41, 5.74) is 0.346. The first kappa shape index (κ1) is 10.9. The zero-order valence-corrected chi connectivity index (χ0v) is 10.1. The average Bonchev–Trinajstić information content (AvgIpc) is 2.42. The van der Waals surface area contributed by atoms with Gasteiger partial charge in [0, 0.05) is 31.4 Å². The molecule has 0 aromatic rings. The molecule has 2 heterocycles. The molecule has 1 nitrogen and oxygen atoms in total. The molecule has 2 aliphatic rings. The molecule has 67 valence electrons. The van der Waals surface area contributed by atoms with E-state index in [0.717, 1.165) is 0 Å². The van der Waals surface area contributed by atoms with Crippen LogP contribution < -0.4 is 0 Å². The molecule has 2 aliphatic heterocycles. The zero-order chi connectivity index (χ0) is 8.11. The first-order valence-corrected chi connectivity index (χ1v) is 4.61. The third-order valence-electron chi connectivity index (χ3n) is 3.41. The molecule has 0 spiro atoms. The van der Waals surface area contributed by atoms with E-state index < -0.39 is 0 Å². The van der Waals surface area contributed by atoms with Crippen LogP contribution in [0.1, 0.15) is 40.0 Å². The molecule has 2 rings (SSSR count). The Kier molecular flexibility index (Phi) is 2.91. The van der Waals surface area contributed by atoms with Crippen LogP contribution in [0, 0.1) is 12.3 Å². The van der Waals surface area contributed by atoms with E-state index in [1.165, 1.54) is 19.3 Å². The van der Waals surface area contributed by atoms with Crippen LogP contribution in [0.3, 0.4) is 0 Å². The molecule has 1 radical (unpaired) electrons. The van der Waals surface area contributed by atoms with Crippen molar-refractivity contribution in [3.05, 3.63) is 6.42 Å². The van der Waals surface area contributed by atoms with E-state index in [9.17, 15) is 0 Å². The van der Waals surface area contributed by atoms with E-state index in [1.807, 2.05) is 0 Å². The van der Waals surface area contributed by atoms with Gasteiger partial charge in [0.05, 0.1) is 0 Å². The monoisotopic (exact) mass is 198 g/mol. The summed E-state index contributed by atoms with van der Waals surface area (Å²) in [5, 5.41) is 0. The minimum absolute atomic E-state index is 0. The van der Waals surface area contributed by atoms with E-state index >= 15 is 0 Å². The quantitative estimate of drug-likeness (QED) is 0.588. The summed E-state index contributed by atoms with van der Waals surface area (Å²) in [6, 6.07) is 0. The van der Waals surface area contributed by atoms with Gasteiger partial charge in [-0.25, -0.2) is 0 Å². The summed E-state index contributed by atoms with van der Waals surface area (Å²) in [6.07, 6.45) is 6.01. The topological polar surface area (TPSA) is 9.23 Å². The molecule has 0 aromatic heterocycles. The number of fused-ring (bicyclic) bond motifs is 2. The van der Waals surface area contributed by atoms with Gasteiger partial charge in [-0.2, -0.15) is 0 Å². The van der Waals surface area contributed by atoms with E-state index in [-0.39, 0.29) is 37.0 Å². The number of hydrogen-bond donors (Lipinski definition) is 0. The van der Waals surface area contributed by atoms with Crippen molar-refractivity contribution in [2.75, 3.05) is 0 Å². The fourth-order valence-corrected chi connectivity index (χ4v) is 2.34. The Bertz CT molecular complexity index is 169. The van der Waals surface area contributed by atoms with E-state index in [2.05, 4.69) is 27.2 Å². The van der Waals surface area contributed by atoms with Gasteiger partial charge in [-0.15, -0.1) is 6.42 Å². The summed E-state index contributed by atoms with van der Waals surface area (Å²) < 4.78 is 6.05. The van der Waals surface area contributed by atoms with Crippen molar-refractivity contribution in [3.63, 3.8) is 0 Å². The van der Waals surface area contributed by atoms with Gasteiger partial charge in [-0.1, -0.05) is 26.4 Å². The summed E-state index contributed by atoms with van der Waals surface area (Å²) in [6.45, 7) is 6.75.